The van der Waals surface area contributed by atoms with E-state index < -0.39 is 0 Å². The van der Waals surface area contributed by atoms with Crippen molar-refractivity contribution in [2.45, 2.75) is 52.2 Å². The number of hydrogen-bond donors (Lipinski definition) is 1. The molecule has 1 N–H and O–H groups in total. The topological polar surface area (TPSA) is 21.3 Å². The zero-order chi connectivity index (χ0) is 13.7. The van der Waals surface area contributed by atoms with Crippen molar-refractivity contribution in [1.82, 2.24) is 5.32 Å². The minimum Gasteiger partial charge on any atom is -0.378 e. The number of benzene rings is 1. The van der Waals surface area contributed by atoms with E-state index in [-0.39, 0.29) is 0 Å². The highest BCUT2D eigenvalue weighted by Gasteiger charge is 2.32. The largest absolute Gasteiger partial charge is 0.378 e. The van der Waals surface area contributed by atoms with Gasteiger partial charge in [-0.15, -0.1) is 0 Å². The number of ether oxygens (including phenoxy) is 1. The van der Waals surface area contributed by atoms with E-state index in [0.717, 1.165) is 19.6 Å². The van der Waals surface area contributed by atoms with Crippen LogP contribution in [0.25, 0.3) is 0 Å². The van der Waals surface area contributed by atoms with Crippen LogP contribution in [0.5, 0.6) is 0 Å². The van der Waals surface area contributed by atoms with E-state index in [1.165, 1.54) is 24.0 Å². The van der Waals surface area contributed by atoms with E-state index in [0.29, 0.717) is 18.1 Å². The van der Waals surface area contributed by atoms with Crippen LogP contribution in [0.4, 0.5) is 0 Å². The molecule has 19 heavy (non-hydrogen) atoms. The van der Waals surface area contributed by atoms with Gasteiger partial charge in [0.25, 0.3) is 0 Å². The van der Waals surface area contributed by atoms with Gasteiger partial charge in [0.15, 0.2) is 0 Å². The Bertz CT molecular complexity index is 391. The smallest absolute Gasteiger partial charge is 0.0594 e. The summed E-state index contributed by atoms with van der Waals surface area (Å²) in [6.07, 6.45) is 3.90. The minimum absolute atomic E-state index is 0.360. The molecule has 3 atom stereocenters. The third-order valence-corrected chi connectivity index (χ3v) is 4.14. The summed E-state index contributed by atoms with van der Waals surface area (Å²) in [5, 5.41) is 3.66. The zero-order valence-corrected chi connectivity index (χ0v) is 12.5. The van der Waals surface area contributed by atoms with E-state index in [2.05, 4.69) is 50.4 Å². The molecule has 3 unspecified atom stereocenters. The Morgan fingerprint density at radius 2 is 2.21 bits per heavy atom. The monoisotopic (exact) mass is 261 g/mol. The van der Waals surface area contributed by atoms with E-state index >= 15 is 0 Å². The maximum Gasteiger partial charge on any atom is 0.0594 e. The summed E-state index contributed by atoms with van der Waals surface area (Å²) >= 11 is 0. The predicted molar refractivity (Wildman–Crippen MR) is 80.4 cm³/mol. The minimum atomic E-state index is 0.360. The van der Waals surface area contributed by atoms with Gasteiger partial charge in [-0.3, -0.25) is 0 Å². The van der Waals surface area contributed by atoms with Crippen LogP contribution < -0.4 is 5.32 Å². The second-order valence-corrected chi connectivity index (χ2v) is 5.56. The summed E-state index contributed by atoms with van der Waals surface area (Å²) in [6, 6.07) is 9.51. The molecule has 0 aromatic heterocycles. The summed E-state index contributed by atoms with van der Waals surface area (Å²) in [5.74, 6) is 0.594. The van der Waals surface area contributed by atoms with E-state index in [4.69, 9.17) is 4.74 Å². The third-order valence-electron chi connectivity index (χ3n) is 4.14. The van der Waals surface area contributed by atoms with Crippen LogP contribution in [0.3, 0.4) is 0 Å². The Hall–Kier alpha value is -0.860. The summed E-state index contributed by atoms with van der Waals surface area (Å²) in [4.78, 5) is 0. The van der Waals surface area contributed by atoms with Crippen LogP contribution in [0.15, 0.2) is 24.3 Å². The van der Waals surface area contributed by atoms with Gasteiger partial charge in [0, 0.05) is 18.6 Å². The molecule has 0 aliphatic carbocycles. The predicted octanol–water partition coefficient (Wildman–Crippen LogP) is 3.71. The Balaban J connectivity index is 2.20. The van der Waals surface area contributed by atoms with Crippen LogP contribution in [-0.4, -0.2) is 19.3 Å². The standard InChI is InChI=1S/C17H27NO/c1-4-7-14-8-6-9-15(12-14)17(18-5-2)16-10-11-19-13(16)3/h6,8-9,12-13,16-18H,4-5,7,10-11H2,1-3H3. The fraction of sp³-hybridized carbons (Fsp3) is 0.647. The molecule has 1 aromatic rings. The molecule has 1 aliphatic rings. The molecule has 0 amide bonds. The molecule has 2 heteroatoms. The SMILES string of the molecule is CCCc1cccc(C(NCC)C2CCOC2C)c1. The summed E-state index contributed by atoms with van der Waals surface area (Å²) < 4.78 is 5.75. The van der Waals surface area contributed by atoms with E-state index in [1.54, 1.807) is 0 Å². The van der Waals surface area contributed by atoms with Crippen molar-refractivity contribution in [1.29, 1.82) is 0 Å². The molecular weight excluding hydrogens is 234 g/mol. The van der Waals surface area contributed by atoms with Gasteiger partial charge in [-0.1, -0.05) is 44.5 Å². The normalized spacial score (nSPS) is 24.6. The van der Waals surface area contributed by atoms with Gasteiger partial charge in [-0.05, 0) is 37.4 Å². The van der Waals surface area contributed by atoms with Crippen molar-refractivity contribution in [3.8, 4) is 0 Å². The Morgan fingerprint density at radius 3 is 2.84 bits per heavy atom. The van der Waals surface area contributed by atoms with Crippen LogP contribution in [0.2, 0.25) is 0 Å². The van der Waals surface area contributed by atoms with Gasteiger partial charge < -0.3 is 10.1 Å². The first-order chi connectivity index (χ1) is 9.26. The molecular formula is C17H27NO. The highest BCUT2D eigenvalue weighted by atomic mass is 16.5. The molecule has 1 aliphatic heterocycles. The highest BCUT2D eigenvalue weighted by Crippen LogP contribution is 2.33. The van der Waals surface area contributed by atoms with Crippen molar-refractivity contribution in [2.75, 3.05) is 13.2 Å². The number of aryl methyl sites for hydroxylation is 1. The number of hydrogen-bond acceptors (Lipinski definition) is 2. The Morgan fingerprint density at radius 1 is 1.37 bits per heavy atom. The third kappa shape index (κ3) is 3.58. The molecule has 106 valence electrons. The van der Waals surface area contributed by atoms with Crippen LogP contribution in [-0.2, 0) is 11.2 Å². The molecule has 2 rings (SSSR count). The van der Waals surface area contributed by atoms with Crippen LogP contribution in [0.1, 0.15) is 50.8 Å². The molecule has 0 bridgehead atoms. The highest BCUT2D eigenvalue weighted by molar-refractivity contribution is 5.27. The number of rotatable bonds is 6. The zero-order valence-electron chi connectivity index (χ0n) is 12.5. The Labute approximate surface area is 117 Å². The quantitative estimate of drug-likeness (QED) is 0.843. The lowest BCUT2D eigenvalue weighted by atomic mass is 9.87. The van der Waals surface area contributed by atoms with Crippen molar-refractivity contribution in [3.63, 3.8) is 0 Å². The molecule has 1 saturated heterocycles. The summed E-state index contributed by atoms with van der Waals surface area (Å²) in [7, 11) is 0. The molecule has 1 heterocycles. The summed E-state index contributed by atoms with van der Waals surface area (Å²) in [5.41, 5.74) is 2.88. The van der Waals surface area contributed by atoms with Gasteiger partial charge in [-0.2, -0.15) is 0 Å². The fourth-order valence-electron chi connectivity index (χ4n) is 3.15. The average Bonchev–Trinajstić information content (AvgIpc) is 2.83. The van der Waals surface area contributed by atoms with Crippen LogP contribution in [0, 0.1) is 5.92 Å². The second-order valence-electron chi connectivity index (χ2n) is 5.56. The van der Waals surface area contributed by atoms with Gasteiger partial charge >= 0.3 is 0 Å². The van der Waals surface area contributed by atoms with Crippen LogP contribution >= 0.6 is 0 Å². The maximum atomic E-state index is 5.75. The molecule has 1 fully saturated rings. The van der Waals surface area contributed by atoms with Gasteiger partial charge in [0.2, 0.25) is 0 Å². The lowest BCUT2D eigenvalue weighted by Gasteiger charge is -2.27. The second kappa shape index (κ2) is 7.06. The van der Waals surface area contributed by atoms with E-state index in [9.17, 15) is 0 Å². The molecule has 1 aromatic carbocycles. The van der Waals surface area contributed by atoms with Gasteiger partial charge in [0.05, 0.1) is 6.10 Å². The lowest BCUT2D eigenvalue weighted by molar-refractivity contribution is 0.0956. The molecule has 0 saturated carbocycles. The van der Waals surface area contributed by atoms with E-state index in [1.807, 2.05) is 0 Å². The first-order valence-corrected chi connectivity index (χ1v) is 7.70. The van der Waals surface area contributed by atoms with Crippen molar-refractivity contribution < 1.29 is 4.74 Å². The van der Waals surface area contributed by atoms with Gasteiger partial charge in [0.1, 0.15) is 0 Å². The first kappa shape index (κ1) is 14.5. The lowest BCUT2D eigenvalue weighted by Crippen LogP contribution is -2.31. The van der Waals surface area contributed by atoms with Crippen molar-refractivity contribution in [2.24, 2.45) is 5.92 Å². The van der Waals surface area contributed by atoms with Crippen molar-refractivity contribution >= 4 is 0 Å². The molecule has 0 radical (unpaired) electrons. The Kier molecular flexibility index (Phi) is 5.41. The summed E-state index contributed by atoms with van der Waals surface area (Å²) in [6.45, 7) is 8.54. The van der Waals surface area contributed by atoms with Crippen molar-refractivity contribution in [3.05, 3.63) is 35.4 Å². The van der Waals surface area contributed by atoms with Gasteiger partial charge in [-0.25, -0.2) is 0 Å². The fourth-order valence-corrected chi connectivity index (χ4v) is 3.15. The first-order valence-electron chi connectivity index (χ1n) is 7.70. The molecule has 0 spiro atoms. The molecule has 2 nitrogen and oxygen atoms in total. The maximum absolute atomic E-state index is 5.75. The average molecular weight is 261 g/mol. The number of nitrogens with one attached hydrogen (secondary N) is 1.